The Kier molecular flexibility index (Phi) is 4.53. The number of benzene rings is 2. The maximum absolute atomic E-state index is 12.6. The molecule has 25 heavy (non-hydrogen) atoms. The maximum Gasteiger partial charge on any atom is 0.240 e. The Bertz CT molecular complexity index is 864. The third kappa shape index (κ3) is 3.44. The first-order valence-electron chi connectivity index (χ1n) is 8.82. The molecule has 0 spiro atoms. The van der Waals surface area contributed by atoms with E-state index < -0.39 is 0 Å². The molecular formula is C21H22N2O2. The molecule has 4 nitrogen and oxygen atoms in total. The number of hydrogen-bond donors (Lipinski definition) is 1. The second-order valence-corrected chi connectivity index (χ2v) is 6.52. The Morgan fingerprint density at radius 2 is 1.92 bits per heavy atom. The summed E-state index contributed by atoms with van der Waals surface area (Å²) in [6.45, 7) is 1.73. The highest BCUT2D eigenvalue weighted by Gasteiger charge is 2.18. The van der Waals surface area contributed by atoms with E-state index in [9.17, 15) is 4.79 Å². The molecule has 1 N–H and O–H groups in total. The molecule has 0 aliphatic carbocycles. The smallest absolute Gasteiger partial charge is 0.240 e. The molecule has 1 aliphatic rings. The highest BCUT2D eigenvalue weighted by molar-refractivity contribution is 5.89. The zero-order valence-electron chi connectivity index (χ0n) is 14.2. The number of amides is 1. The Morgan fingerprint density at radius 1 is 1.12 bits per heavy atom. The van der Waals surface area contributed by atoms with Crippen LogP contribution < -0.4 is 5.32 Å². The lowest BCUT2D eigenvalue weighted by Crippen LogP contribution is -2.42. The van der Waals surface area contributed by atoms with Crippen LogP contribution in [0.25, 0.3) is 22.2 Å². The number of para-hydroxylation sites is 1. The standard InChI is InChI=1S/C21H22N2O2/c24-21(22-18-10-6-12-25-15-18)14-23-19-11-5-4-9-17(19)13-20(23)16-7-2-1-3-8-16/h1-5,7-9,11,13,18H,6,10,12,14-15H2,(H,22,24). The number of carbonyl (C=O) groups is 1. The van der Waals surface area contributed by atoms with E-state index >= 15 is 0 Å². The molecule has 0 bridgehead atoms. The molecule has 4 rings (SSSR count). The van der Waals surface area contributed by atoms with Crippen LogP contribution in [0.5, 0.6) is 0 Å². The molecule has 1 saturated heterocycles. The lowest BCUT2D eigenvalue weighted by molar-refractivity contribution is -0.123. The van der Waals surface area contributed by atoms with E-state index in [0.717, 1.165) is 41.6 Å². The molecule has 3 aromatic rings. The lowest BCUT2D eigenvalue weighted by atomic mass is 10.1. The SMILES string of the molecule is O=C(Cn1c(-c2ccccc2)cc2ccccc21)NC1CCCOC1. The predicted octanol–water partition coefficient (Wildman–Crippen LogP) is 3.60. The summed E-state index contributed by atoms with van der Waals surface area (Å²) < 4.78 is 7.56. The molecule has 128 valence electrons. The second-order valence-electron chi connectivity index (χ2n) is 6.52. The van der Waals surface area contributed by atoms with Crippen LogP contribution in [0.15, 0.2) is 60.7 Å². The average Bonchev–Trinajstić information content (AvgIpc) is 3.02. The Morgan fingerprint density at radius 3 is 2.72 bits per heavy atom. The van der Waals surface area contributed by atoms with Crippen molar-refractivity contribution in [3.63, 3.8) is 0 Å². The van der Waals surface area contributed by atoms with Gasteiger partial charge >= 0.3 is 0 Å². The lowest BCUT2D eigenvalue weighted by Gasteiger charge is -2.23. The topological polar surface area (TPSA) is 43.3 Å². The summed E-state index contributed by atoms with van der Waals surface area (Å²) in [6.07, 6.45) is 2.00. The minimum atomic E-state index is 0.0361. The van der Waals surface area contributed by atoms with E-state index in [1.807, 2.05) is 30.3 Å². The van der Waals surface area contributed by atoms with Gasteiger partial charge in [-0.15, -0.1) is 0 Å². The van der Waals surface area contributed by atoms with Crippen molar-refractivity contribution < 1.29 is 9.53 Å². The quantitative estimate of drug-likeness (QED) is 0.792. The zero-order chi connectivity index (χ0) is 17.1. The van der Waals surface area contributed by atoms with E-state index in [1.165, 1.54) is 0 Å². The van der Waals surface area contributed by atoms with E-state index in [2.05, 4.69) is 40.2 Å². The molecule has 1 amide bonds. The summed E-state index contributed by atoms with van der Waals surface area (Å²) in [4.78, 5) is 12.6. The number of carbonyl (C=O) groups excluding carboxylic acids is 1. The van der Waals surface area contributed by atoms with Gasteiger partial charge < -0.3 is 14.6 Å². The number of nitrogens with zero attached hydrogens (tertiary/aromatic N) is 1. The number of nitrogens with one attached hydrogen (secondary N) is 1. The van der Waals surface area contributed by atoms with Gasteiger partial charge in [0, 0.05) is 23.2 Å². The van der Waals surface area contributed by atoms with E-state index in [0.29, 0.717) is 13.2 Å². The molecule has 1 unspecified atom stereocenters. The van der Waals surface area contributed by atoms with Crippen molar-refractivity contribution in [2.45, 2.75) is 25.4 Å². The van der Waals surface area contributed by atoms with Gasteiger partial charge in [-0.1, -0.05) is 48.5 Å². The minimum Gasteiger partial charge on any atom is -0.379 e. The highest BCUT2D eigenvalue weighted by atomic mass is 16.5. The number of aromatic nitrogens is 1. The van der Waals surface area contributed by atoms with Gasteiger partial charge in [0.1, 0.15) is 6.54 Å². The van der Waals surface area contributed by atoms with Gasteiger partial charge in [0.15, 0.2) is 0 Å². The highest BCUT2D eigenvalue weighted by Crippen LogP contribution is 2.28. The fourth-order valence-corrected chi connectivity index (χ4v) is 3.50. The Labute approximate surface area is 147 Å². The van der Waals surface area contributed by atoms with Gasteiger partial charge in [-0.25, -0.2) is 0 Å². The summed E-state index contributed by atoms with van der Waals surface area (Å²) in [6, 6.07) is 20.7. The largest absolute Gasteiger partial charge is 0.379 e. The second kappa shape index (κ2) is 7.11. The third-order valence-electron chi connectivity index (χ3n) is 4.71. The number of ether oxygens (including phenoxy) is 1. The molecule has 1 aliphatic heterocycles. The Balaban J connectivity index is 1.64. The molecule has 1 atom stereocenters. The monoisotopic (exact) mass is 334 g/mol. The van der Waals surface area contributed by atoms with Crippen LogP contribution in [-0.4, -0.2) is 29.7 Å². The van der Waals surface area contributed by atoms with Crippen molar-refractivity contribution >= 4 is 16.8 Å². The van der Waals surface area contributed by atoms with Crippen LogP contribution in [0.3, 0.4) is 0 Å². The molecule has 2 aromatic carbocycles. The third-order valence-corrected chi connectivity index (χ3v) is 4.71. The van der Waals surface area contributed by atoms with Crippen molar-refractivity contribution in [2.75, 3.05) is 13.2 Å². The first kappa shape index (κ1) is 15.9. The number of hydrogen-bond acceptors (Lipinski definition) is 2. The molecule has 0 radical (unpaired) electrons. The summed E-state index contributed by atoms with van der Waals surface area (Å²) in [7, 11) is 0. The molecule has 2 heterocycles. The first-order valence-corrected chi connectivity index (χ1v) is 8.82. The van der Waals surface area contributed by atoms with E-state index in [-0.39, 0.29) is 11.9 Å². The van der Waals surface area contributed by atoms with Crippen LogP contribution in [0.4, 0.5) is 0 Å². The van der Waals surface area contributed by atoms with Crippen LogP contribution >= 0.6 is 0 Å². The summed E-state index contributed by atoms with van der Waals surface area (Å²) >= 11 is 0. The summed E-state index contributed by atoms with van der Waals surface area (Å²) in [5, 5.41) is 4.26. The van der Waals surface area contributed by atoms with Gasteiger partial charge in [0.05, 0.1) is 12.6 Å². The molecule has 0 saturated carbocycles. The van der Waals surface area contributed by atoms with Gasteiger partial charge in [-0.2, -0.15) is 0 Å². The number of rotatable bonds is 4. The Hall–Kier alpha value is -2.59. The predicted molar refractivity (Wildman–Crippen MR) is 99.4 cm³/mol. The van der Waals surface area contributed by atoms with Crippen molar-refractivity contribution in [1.29, 1.82) is 0 Å². The van der Waals surface area contributed by atoms with Crippen molar-refractivity contribution in [3.8, 4) is 11.3 Å². The van der Waals surface area contributed by atoms with E-state index in [4.69, 9.17) is 4.74 Å². The van der Waals surface area contributed by atoms with E-state index in [1.54, 1.807) is 0 Å². The van der Waals surface area contributed by atoms with Crippen LogP contribution in [0.1, 0.15) is 12.8 Å². The fraction of sp³-hybridized carbons (Fsp3) is 0.286. The first-order chi connectivity index (χ1) is 12.3. The zero-order valence-corrected chi connectivity index (χ0v) is 14.2. The van der Waals surface area contributed by atoms with Crippen LogP contribution in [0.2, 0.25) is 0 Å². The summed E-state index contributed by atoms with van der Waals surface area (Å²) in [5.74, 6) is 0.0361. The van der Waals surface area contributed by atoms with Crippen molar-refractivity contribution in [2.24, 2.45) is 0 Å². The molecular weight excluding hydrogens is 312 g/mol. The molecule has 1 fully saturated rings. The van der Waals surface area contributed by atoms with Crippen LogP contribution in [-0.2, 0) is 16.1 Å². The van der Waals surface area contributed by atoms with Gasteiger partial charge in [0.25, 0.3) is 0 Å². The normalized spacial score (nSPS) is 17.5. The van der Waals surface area contributed by atoms with Crippen molar-refractivity contribution in [3.05, 3.63) is 60.7 Å². The number of fused-ring (bicyclic) bond motifs is 1. The van der Waals surface area contributed by atoms with Gasteiger partial charge in [-0.3, -0.25) is 4.79 Å². The van der Waals surface area contributed by atoms with Crippen molar-refractivity contribution in [1.82, 2.24) is 9.88 Å². The van der Waals surface area contributed by atoms with Gasteiger partial charge in [-0.05, 0) is 30.5 Å². The molecule has 1 aromatic heterocycles. The maximum atomic E-state index is 12.6. The summed E-state index contributed by atoms with van der Waals surface area (Å²) in [5.41, 5.74) is 3.26. The van der Waals surface area contributed by atoms with Gasteiger partial charge in [0.2, 0.25) is 5.91 Å². The fourth-order valence-electron chi connectivity index (χ4n) is 3.50. The minimum absolute atomic E-state index is 0.0361. The average molecular weight is 334 g/mol. The van der Waals surface area contributed by atoms with Crippen LogP contribution in [0, 0.1) is 0 Å². The molecule has 4 heteroatoms.